The molecule has 5 heteroatoms. The number of hydrogen-bond donors (Lipinski definition) is 1. The highest BCUT2D eigenvalue weighted by molar-refractivity contribution is 5.65. The minimum atomic E-state index is -0.443. The predicted molar refractivity (Wildman–Crippen MR) is 124 cm³/mol. The van der Waals surface area contributed by atoms with Gasteiger partial charge in [-0.3, -0.25) is 4.90 Å². The zero-order valence-corrected chi connectivity index (χ0v) is 18.9. The Hall–Kier alpha value is -2.50. The van der Waals surface area contributed by atoms with Gasteiger partial charge in [0.05, 0.1) is 6.04 Å². The van der Waals surface area contributed by atoms with Gasteiger partial charge >= 0.3 is 0 Å². The summed E-state index contributed by atoms with van der Waals surface area (Å²) < 4.78 is 30.7. The molecule has 0 saturated carbocycles. The summed E-state index contributed by atoms with van der Waals surface area (Å²) in [6, 6.07) is 15.9. The molecule has 0 saturated heterocycles. The molecule has 1 heterocycles. The normalized spacial score (nSPS) is 13.0. The quantitative estimate of drug-likeness (QED) is 0.491. The third-order valence-corrected chi connectivity index (χ3v) is 5.62. The Morgan fingerprint density at radius 2 is 1.74 bits per heavy atom. The van der Waals surface area contributed by atoms with Gasteiger partial charge in [0.15, 0.2) is 0 Å². The summed E-state index contributed by atoms with van der Waals surface area (Å²) >= 11 is 0. The number of benzene rings is 2. The lowest BCUT2D eigenvalue weighted by Gasteiger charge is -2.39. The van der Waals surface area contributed by atoms with Gasteiger partial charge in [0.25, 0.3) is 0 Å². The Morgan fingerprint density at radius 1 is 1.03 bits per heavy atom. The first kappa shape index (κ1) is 23.2. The molecule has 1 atom stereocenters. The first-order valence-electron chi connectivity index (χ1n) is 10.8. The average Bonchev–Trinajstić information content (AvgIpc) is 3.10. The van der Waals surface area contributed by atoms with E-state index >= 15 is 0 Å². The Bertz CT molecular complexity index is 990. The molecule has 2 aromatic carbocycles. The van der Waals surface area contributed by atoms with E-state index in [0.717, 1.165) is 30.3 Å². The fourth-order valence-electron chi connectivity index (χ4n) is 4.34. The van der Waals surface area contributed by atoms with Gasteiger partial charge in [-0.05, 0) is 61.8 Å². The molecule has 0 spiro atoms. The van der Waals surface area contributed by atoms with Gasteiger partial charge in [0.2, 0.25) is 0 Å². The minimum Gasteiger partial charge on any atom is -0.345 e. The van der Waals surface area contributed by atoms with Crippen LogP contribution in [0, 0.1) is 17.0 Å². The Morgan fingerprint density at radius 3 is 2.39 bits per heavy atom. The number of aromatic nitrogens is 1. The maximum Gasteiger partial charge on any atom is 0.131 e. The lowest BCUT2D eigenvalue weighted by molar-refractivity contribution is 0.119. The van der Waals surface area contributed by atoms with Gasteiger partial charge in [-0.15, -0.1) is 0 Å². The molecule has 1 aromatic heterocycles. The van der Waals surface area contributed by atoms with Crippen molar-refractivity contribution in [2.75, 3.05) is 20.1 Å². The van der Waals surface area contributed by atoms with Crippen molar-refractivity contribution in [2.45, 2.75) is 39.8 Å². The Labute approximate surface area is 184 Å². The smallest absolute Gasteiger partial charge is 0.131 e. The molecule has 3 rings (SSSR count). The van der Waals surface area contributed by atoms with Crippen LogP contribution >= 0.6 is 0 Å². The van der Waals surface area contributed by atoms with Crippen molar-refractivity contribution in [1.29, 1.82) is 0 Å². The number of hydrogen-bond acceptors (Lipinski definition) is 2. The second-order valence-electron chi connectivity index (χ2n) is 9.28. The Kier molecular flexibility index (Phi) is 7.29. The molecule has 3 aromatic rings. The van der Waals surface area contributed by atoms with Crippen molar-refractivity contribution in [3.63, 3.8) is 0 Å². The summed E-state index contributed by atoms with van der Waals surface area (Å²) in [7, 11) is 2.11. The topological polar surface area (TPSA) is 34.2 Å². The van der Waals surface area contributed by atoms with Crippen LogP contribution in [0.15, 0.2) is 60.8 Å². The van der Waals surface area contributed by atoms with Crippen LogP contribution in [0.25, 0.3) is 11.1 Å². The first-order valence-corrected chi connectivity index (χ1v) is 10.8. The van der Waals surface area contributed by atoms with Crippen molar-refractivity contribution in [1.82, 2.24) is 9.47 Å². The second kappa shape index (κ2) is 9.75. The van der Waals surface area contributed by atoms with E-state index in [1.54, 1.807) is 0 Å². The summed E-state index contributed by atoms with van der Waals surface area (Å²) in [5, 5.41) is 0. The standard InChI is InChI=1S/C26H33F2N3/c1-26(2,3)25(30(4)14-8-13-29)24-15-20(22-16-21(27)11-12-23(22)28)18-31(24)17-19-9-6-5-7-10-19/h5-7,9-12,15-16,18,25H,8,13-14,17,29H2,1-4H3/t25-/m0/s1. The van der Waals surface area contributed by atoms with E-state index in [9.17, 15) is 8.78 Å². The summed E-state index contributed by atoms with van der Waals surface area (Å²) in [5.74, 6) is -0.866. The van der Waals surface area contributed by atoms with Gasteiger partial charge in [-0.2, -0.15) is 0 Å². The molecule has 0 fully saturated rings. The van der Waals surface area contributed by atoms with Crippen molar-refractivity contribution >= 4 is 0 Å². The van der Waals surface area contributed by atoms with Gasteiger partial charge in [0, 0.05) is 29.6 Å². The van der Waals surface area contributed by atoms with E-state index < -0.39 is 11.6 Å². The molecule has 0 aliphatic heterocycles. The van der Waals surface area contributed by atoms with E-state index in [1.165, 1.54) is 12.1 Å². The minimum absolute atomic E-state index is 0.0755. The van der Waals surface area contributed by atoms with Crippen LogP contribution in [0.2, 0.25) is 0 Å². The highest BCUT2D eigenvalue weighted by Gasteiger charge is 2.32. The van der Waals surface area contributed by atoms with Crippen molar-refractivity contribution in [2.24, 2.45) is 11.1 Å². The third-order valence-electron chi connectivity index (χ3n) is 5.62. The summed E-state index contributed by atoms with van der Waals surface area (Å²) in [4.78, 5) is 2.31. The lowest BCUT2D eigenvalue weighted by Crippen LogP contribution is -2.36. The molecule has 0 unspecified atom stereocenters. The molecule has 31 heavy (non-hydrogen) atoms. The summed E-state index contributed by atoms with van der Waals surface area (Å²) in [6.45, 7) is 8.77. The molecule has 2 N–H and O–H groups in total. The van der Waals surface area contributed by atoms with Crippen molar-refractivity contribution in [3.05, 3.63) is 83.7 Å². The second-order valence-corrected chi connectivity index (χ2v) is 9.28. The van der Waals surface area contributed by atoms with Gasteiger partial charge in [-0.1, -0.05) is 51.1 Å². The van der Waals surface area contributed by atoms with Gasteiger partial charge < -0.3 is 10.3 Å². The van der Waals surface area contributed by atoms with Crippen molar-refractivity contribution < 1.29 is 8.78 Å². The monoisotopic (exact) mass is 425 g/mol. The van der Waals surface area contributed by atoms with Crippen LogP contribution in [0.4, 0.5) is 8.78 Å². The molecule has 0 aliphatic rings. The zero-order valence-electron chi connectivity index (χ0n) is 18.9. The molecule has 3 nitrogen and oxygen atoms in total. The maximum atomic E-state index is 14.6. The fourth-order valence-corrected chi connectivity index (χ4v) is 4.34. The SMILES string of the molecule is CN(CCCN)[C@@H](c1cc(-c2cc(F)ccc2F)cn1Cc1ccccc1)C(C)(C)C. The lowest BCUT2D eigenvalue weighted by atomic mass is 9.83. The number of rotatable bonds is 8. The molecular formula is C26H33F2N3. The van der Waals surface area contributed by atoms with Crippen LogP contribution in [0.3, 0.4) is 0 Å². The van der Waals surface area contributed by atoms with Gasteiger partial charge in [-0.25, -0.2) is 8.78 Å². The number of nitrogens with zero attached hydrogens (tertiary/aromatic N) is 2. The van der Waals surface area contributed by atoms with Crippen LogP contribution in [0.1, 0.15) is 44.5 Å². The zero-order chi connectivity index (χ0) is 22.6. The predicted octanol–water partition coefficient (Wildman–Crippen LogP) is 5.85. The van der Waals surface area contributed by atoms with Gasteiger partial charge in [0.1, 0.15) is 11.6 Å². The molecule has 166 valence electrons. The summed E-state index contributed by atoms with van der Waals surface area (Å²) in [6.07, 6.45) is 2.84. The fraction of sp³-hybridized carbons (Fsp3) is 0.385. The first-order chi connectivity index (χ1) is 14.7. The number of nitrogens with two attached hydrogens (primary N) is 1. The largest absolute Gasteiger partial charge is 0.345 e. The van der Waals surface area contributed by atoms with E-state index in [0.29, 0.717) is 18.7 Å². The molecule has 0 amide bonds. The van der Waals surface area contributed by atoms with E-state index in [-0.39, 0.29) is 17.0 Å². The molecule has 0 radical (unpaired) electrons. The number of halogens is 2. The highest BCUT2D eigenvalue weighted by atomic mass is 19.1. The Balaban J connectivity index is 2.13. The summed E-state index contributed by atoms with van der Waals surface area (Å²) in [5.41, 5.74) is 8.88. The van der Waals surface area contributed by atoms with E-state index in [2.05, 4.69) is 49.4 Å². The van der Waals surface area contributed by atoms with Crippen LogP contribution in [0.5, 0.6) is 0 Å². The molecular weight excluding hydrogens is 392 g/mol. The molecule has 0 bridgehead atoms. The average molecular weight is 426 g/mol. The van der Waals surface area contributed by atoms with E-state index in [1.807, 2.05) is 30.5 Å². The van der Waals surface area contributed by atoms with E-state index in [4.69, 9.17) is 5.73 Å². The van der Waals surface area contributed by atoms with Crippen LogP contribution in [-0.2, 0) is 6.54 Å². The van der Waals surface area contributed by atoms with Crippen LogP contribution < -0.4 is 5.73 Å². The van der Waals surface area contributed by atoms with Crippen molar-refractivity contribution in [3.8, 4) is 11.1 Å². The van der Waals surface area contributed by atoms with Crippen LogP contribution in [-0.4, -0.2) is 29.6 Å². The third kappa shape index (κ3) is 5.60. The molecule has 0 aliphatic carbocycles. The maximum absolute atomic E-state index is 14.6. The highest BCUT2D eigenvalue weighted by Crippen LogP contribution is 2.40.